The van der Waals surface area contributed by atoms with Crippen molar-refractivity contribution in [2.45, 2.75) is 11.1 Å². The summed E-state index contributed by atoms with van der Waals surface area (Å²) in [5.74, 6) is -1.97. The van der Waals surface area contributed by atoms with Gasteiger partial charge in [0.25, 0.3) is 5.91 Å². The molecule has 0 radical (unpaired) electrons. The minimum absolute atomic E-state index is 0.0309. The normalized spacial score (nSPS) is 15.8. The molecular formula is C18H15ClF4N2O4S. The van der Waals surface area contributed by atoms with E-state index in [-0.39, 0.29) is 37.6 Å². The highest BCUT2D eigenvalue weighted by Gasteiger charge is 2.34. The Morgan fingerprint density at radius 1 is 1.10 bits per heavy atom. The molecule has 0 spiro atoms. The van der Waals surface area contributed by atoms with Crippen LogP contribution in [0, 0.1) is 5.82 Å². The lowest BCUT2D eigenvalue weighted by Crippen LogP contribution is -2.41. The number of rotatable bonds is 4. The van der Waals surface area contributed by atoms with E-state index in [1.807, 2.05) is 0 Å². The Labute approximate surface area is 174 Å². The first-order valence-corrected chi connectivity index (χ1v) is 10.4. The minimum Gasteiger partial charge on any atom is -0.379 e. The number of anilines is 1. The van der Waals surface area contributed by atoms with Crippen LogP contribution in [-0.2, 0) is 20.9 Å². The van der Waals surface area contributed by atoms with Crippen LogP contribution in [0.4, 0.5) is 23.2 Å². The summed E-state index contributed by atoms with van der Waals surface area (Å²) in [6.07, 6.45) is -4.73. The molecule has 0 bridgehead atoms. The second-order valence-corrected chi connectivity index (χ2v) is 8.62. The predicted octanol–water partition coefficient (Wildman–Crippen LogP) is 3.77. The summed E-state index contributed by atoms with van der Waals surface area (Å²) >= 11 is 5.54. The SMILES string of the molecule is O=C(Nc1ccc(Cl)c(C(F)(F)F)c1)c1ccc(F)c(S(=O)(=O)N2CCOCC2)c1. The molecule has 0 unspecified atom stereocenters. The average Bonchev–Trinajstić information content (AvgIpc) is 2.69. The van der Waals surface area contributed by atoms with Crippen molar-refractivity contribution >= 4 is 33.2 Å². The van der Waals surface area contributed by atoms with Gasteiger partial charge in [-0.25, -0.2) is 12.8 Å². The molecule has 1 heterocycles. The molecule has 0 atom stereocenters. The second kappa shape index (κ2) is 8.50. The van der Waals surface area contributed by atoms with Gasteiger partial charge in [0.15, 0.2) is 0 Å². The molecule has 1 aliphatic heterocycles. The first-order chi connectivity index (χ1) is 14.0. The van der Waals surface area contributed by atoms with Gasteiger partial charge in [0.2, 0.25) is 10.0 Å². The van der Waals surface area contributed by atoms with Crippen LogP contribution >= 0.6 is 11.6 Å². The Morgan fingerprint density at radius 3 is 2.40 bits per heavy atom. The topological polar surface area (TPSA) is 75.7 Å². The van der Waals surface area contributed by atoms with Crippen LogP contribution in [0.25, 0.3) is 0 Å². The number of hydrogen-bond donors (Lipinski definition) is 1. The molecule has 1 amide bonds. The number of benzene rings is 2. The van der Waals surface area contributed by atoms with Gasteiger partial charge in [-0.15, -0.1) is 0 Å². The number of hydrogen-bond acceptors (Lipinski definition) is 4. The molecule has 0 saturated carbocycles. The van der Waals surface area contributed by atoms with Gasteiger partial charge in [0, 0.05) is 24.3 Å². The molecule has 2 aromatic rings. The van der Waals surface area contributed by atoms with Crippen molar-refractivity contribution in [3.8, 4) is 0 Å². The maximum Gasteiger partial charge on any atom is 0.417 e. The Bertz CT molecular complexity index is 1070. The number of alkyl halides is 3. The zero-order chi connectivity index (χ0) is 22.1. The van der Waals surface area contributed by atoms with Gasteiger partial charge in [0.1, 0.15) is 10.7 Å². The van der Waals surface area contributed by atoms with Crippen molar-refractivity contribution in [3.63, 3.8) is 0 Å². The summed E-state index contributed by atoms with van der Waals surface area (Å²) in [6, 6.07) is 5.46. The highest BCUT2D eigenvalue weighted by atomic mass is 35.5. The predicted molar refractivity (Wildman–Crippen MR) is 100 cm³/mol. The largest absolute Gasteiger partial charge is 0.417 e. The summed E-state index contributed by atoms with van der Waals surface area (Å²) in [5.41, 5.74) is -1.60. The smallest absolute Gasteiger partial charge is 0.379 e. The van der Waals surface area contributed by atoms with E-state index < -0.39 is 43.4 Å². The molecule has 0 aliphatic carbocycles. The van der Waals surface area contributed by atoms with Gasteiger partial charge in [-0.2, -0.15) is 17.5 Å². The molecule has 162 valence electrons. The second-order valence-electron chi connectivity index (χ2n) is 6.31. The third-order valence-corrected chi connectivity index (χ3v) is 6.55. The highest BCUT2D eigenvalue weighted by molar-refractivity contribution is 7.89. The lowest BCUT2D eigenvalue weighted by Gasteiger charge is -2.26. The van der Waals surface area contributed by atoms with Crippen molar-refractivity contribution in [1.29, 1.82) is 0 Å². The Balaban J connectivity index is 1.88. The highest BCUT2D eigenvalue weighted by Crippen LogP contribution is 2.36. The zero-order valence-corrected chi connectivity index (χ0v) is 16.7. The third-order valence-electron chi connectivity index (χ3n) is 4.31. The average molecular weight is 467 g/mol. The van der Waals surface area contributed by atoms with Crippen LogP contribution in [0.2, 0.25) is 5.02 Å². The maximum absolute atomic E-state index is 14.2. The monoisotopic (exact) mass is 466 g/mol. The number of sulfonamides is 1. The van der Waals surface area contributed by atoms with Crippen LogP contribution < -0.4 is 5.32 Å². The van der Waals surface area contributed by atoms with E-state index in [0.717, 1.165) is 34.6 Å². The number of halogens is 5. The molecule has 2 aromatic carbocycles. The molecule has 1 saturated heterocycles. The van der Waals surface area contributed by atoms with Crippen LogP contribution in [0.5, 0.6) is 0 Å². The van der Waals surface area contributed by atoms with Crippen molar-refractivity contribution < 1.29 is 35.5 Å². The van der Waals surface area contributed by atoms with Gasteiger partial charge in [-0.05, 0) is 36.4 Å². The maximum atomic E-state index is 14.2. The van der Waals surface area contributed by atoms with Gasteiger partial charge in [-0.3, -0.25) is 4.79 Å². The summed E-state index contributed by atoms with van der Waals surface area (Å²) in [4.78, 5) is 11.7. The van der Waals surface area contributed by atoms with Crippen LogP contribution in [-0.4, -0.2) is 44.9 Å². The third kappa shape index (κ3) is 4.75. The van der Waals surface area contributed by atoms with E-state index in [0.29, 0.717) is 6.07 Å². The van der Waals surface area contributed by atoms with Crippen LogP contribution in [0.15, 0.2) is 41.3 Å². The van der Waals surface area contributed by atoms with Gasteiger partial charge >= 0.3 is 6.18 Å². The van der Waals surface area contributed by atoms with Crippen LogP contribution in [0.1, 0.15) is 15.9 Å². The number of nitrogens with one attached hydrogen (secondary N) is 1. The molecule has 6 nitrogen and oxygen atoms in total. The van der Waals surface area contributed by atoms with E-state index in [4.69, 9.17) is 16.3 Å². The first kappa shape index (κ1) is 22.5. The van der Waals surface area contributed by atoms with Gasteiger partial charge in [-0.1, -0.05) is 11.6 Å². The van der Waals surface area contributed by atoms with Gasteiger partial charge in [0.05, 0.1) is 23.8 Å². The Kier molecular flexibility index (Phi) is 6.37. The van der Waals surface area contributed by atoms with E-state index in [1.54, 1.807) is 0 Å². The Morgan fingerprint density at radius 2 is 1.77 bits per heavy atom. The van der Waals surface area contributed by atoms with Crippen molar-refractivity contribution in [1.82, 2.24) is 4.31 Å². The molecule has 1 N–H and O–H groups in total. The molecule has 1 aliphatic rings. The van der Waals surface area contributed by atoms with E-state index in [9.17, 15) is 30.8 Å². The molecule has 1 fully saturated rings. The summed E-state index contributed by atoms with van der Waals surface area (Å²) in [7, 11) is -4.22. The number of ether oxygens (including phenoxy) is 1. The zero-order valence-electron chi connectivity index (χ0n) is 15.2. The number of carbonyl (C=O) groups excluding carboxylic acids is 1. The number of morpholine rings is 1. The number of nitrogens with zero attached hydrogens (tertiary/aromatic N) is 1. The number of amides is 1. The fourth-order valence-electron chi connectivity index (χ4n) is 2.79. The lowest BCUT2D eigenvalue weighted by molar-refractivity contribution is -0.137. The summed E-state index contributed by atoms with van der Waals surface area (Å²) < 4.78 is 84.7. The standard InChI is InChI=1S/C18H15ClF4N2O4S/c19-14-3-2-12(10-13(14)18(21,22)23)24-17(26)11-1-4-15(20)16(9-11)30(27,28)25-5-7-29-8-6-25/h1-4,9-10H,5-8H2,(H,24,26). The first-order valence-electron chi connectivity index (χ1n) is 8.55. The van der Waals surface area contributed by atoms with Crippen molar-refractivity contribution in [2.24, 2.45) is 0 Å². The molecule has 30 heavy (non-hydrogen) atoms. The number of carbonyl (C=O) groups is 1. The minimum atomic E-state index is -4.73. The Hall–Kier alpha value is -2.21. The molecule has 3 rings (SSSR count). The van der Waals surface area contributed by atoms with Crippen molar-refractivity contribution in [2.75, 3.05) is 31.6 Å². The summed E-state index contributed by atoms with van der Waals surface area (Å²) in [5, 5.41) is 1.69. The molecule has 12 heteroatoms. The van der Waals surface area contributed by atoms with E-state index in [2.05, 4.69) is 5.32 Å². The fourth-order valence-corrected chi connectivity index (χ4v) is 4.51. The lowest BCUT2D eigenvalue weighted by atomic mass is 10.1. The van der Waals surface area contributed by atoms with E-state index in [1.165, 1.54) is 0 Å². The van der Waals surface area contributed by atoms with Gasteiger partial charge < -0.3 is 10.1 Å². The molecular weight excluding hydrogens is 452 g/mol. The van der Waals surface area contributed by atoms with E-state index >= 15 is 0 Å². The molecule has 0 aromatic heterocycles. The fraction of sp³-hybridized carbons (Fsp3) is 0.278. The van der Waals surface area contributed by atoms with Crippen LogP contribution in [0.3, 0.4) is 0 Å². The quantitative estimate of drug-likeness (QED) is 0.696. The van der Waals surface area contributed by atoms with Crippen molar-refractivity contribution in [3.05, 3.63) is 58.4 Å². The summed E-state index contributed by atoms with van der Waals surface area (Å²) in [6.45, 7) is 0.366.